The van der Waals surface area contributed by atoms with Gasteiger partial charge in [-0.05, 0) is 57.7 Å². The molecule has 13 heteroatoms. The third-order valence-electron chi connectivity index (χ3n) is 5.31. The van der Waals surface area contributed by atoms with E-state index in [4.69, 9.17) is 9.84 Å². The van der Waals surface area contributed by atoms with Crippen LogP contribution in [-0.2, 0) is 9.53 Å². The van der Waals surface area contributed by atoms with Gasteiger partial charge in [0.05, 0.1) is 21.7 Å². The fourth-order valence-electron chi connectivity index (χ4n) is 3.76. The first kappa shape index (κ1) is 26.3. The monoisotopic (exact) mass is 514 g/mol. The molecule has 0 radical (unpaired) electrons. The van der Waals surface area contributed by atoms with E-state index in [1.54, 1.807) is 13.8 Å². The minimum Gasteiger partial charge on any atom is -0.465 e. The number of hydrogen-bond acceptors (Lipinski definition) is 6. The van der Waals surface area contributed by atoms with Crippen molar-refractivity contribution in [1.82, 2.24) is 10.3 Å². The second-order valence-electron chi connectivity index (χ2n) is 8.35. The lowest BCUT2D eigenvalue weighted by atomic mass is 9.86. The van der Waals surface area contributed by atoms with Crippen molar-refractivity contribution in [3.63, 3.8) is 0 Å². The predicted octanol–water partition coefficient (Wildman–Crippen LogP) is 5.56. The van der Waals surface area contributed by atoms with Crippen LogP contribution in [0.3, 0.4) is 0 Å². The summed E-state index contributed by atoms with van der Waals surface area (Å²) in [6.45, 7) is 3.29. The highest BCUT2D eigenvalue weighted by Crippen LogP contribution is 2.40. The number of carboxylic acid groups (broad SMARTS) is 1. The first-order chi connectivity index (χ1) is 16.4. The van der Waals surface area contributed by atoms with E-state index < -0.39 is 30.4 Å². The standard InChI is InChI=1S/C22H25F3N4O5S/c1-11(2)34-21(33)28-14-7-8-15(16(9-14)29-19(30)22(23,24)25)17-10-26-18(35-17)12-3-5-13(6-4-12)27-20(31)32/h7-13,27H,3-6H2,1-2H3,(H,28,33)(H,29,30)(H,31,32)/t12-,13-. The molecule has 35 heavy (non-hydrogen) atoms. The van der Waals surface area contributed by atoms with Crippen LogP contribution < -0.4 is 16.0 Å². The molecular weight excluding hydrogens is 489 g/mol. The van der Waals surface area contributed by atoms with Crippen LogP contribution in [0.2, 0.25) is 0 Å². The zero-order chi connectivity index (χ0) is 25.8. The molecule has 0 aliphatic heterocycles. The van der Waals surface area contributed by atoms with Gasteiger partial charge < -0.3 is 20.5 Å². The summed E-state index contributed by atoms with van der Waals surface area (Å²) in [4.78, 5) is 39.3. The van der Waals surface area contributed by atoms with Crippen molar-refractivity contribution in [2.45, 2.75) is 63.8 Å². The fraction of sp³-hybridized carbons (Fsp3) is 0.455. The number of hydrogen-bond donors (Lipinski definition) is 4. The van der Waals surface area contributed by atoms with Gasteiger partial charge in [-0.3, -0.25) is 10.1 Å². The normalized spacial score (nSPS) is 18.1. The molecule has 0 spiro atoms. The number of amides is 3. The van der Waals surface area contributed by atoms with Crippen molar-refractivity contribution in [3.8, 4) is 10.4 Å². The molecule has 0 unspecified atom stereocenters. The van der Waals surface area contributed by atoms with Crippen LogP contribution in [0.25, 0.3) is 10.4 Å². The number of rotatable bonds is 6. The molecule has 2 aromatic rings. The molecule has 1 aromatic heterocycles. The molecule has 0 saturated heterocycles. The molecule has 1 fully saturated rings. The summed E-state index contributed by atoms with van der Waals surface area (Å²) in [6, 6.07) is 4.09. The first-order valence-electron chi connectivity index (χ1n) is 10.9. The van der Waals surface area contributed by atoms with Crippen LogP contribution >= 0.6 is 11.3 Å². The molecule has 1 aromatic carbocycles. The van der Waals surface area contributed by atoms with E-state index in [9.17, 15) is 27.6 Å². The number of carbonyl (C=O) groups is 3. The maximum atomic E-state index is 12.9. The van der Waals surface area contributed by atoms with Gasteiger partial charge in [-0.1, -0.05) is 0 Å². The van der Waals surface area contributed by atoms with Crippen LogP contribution in [0.4, 0.5) is 34.1 Å². The highest BCUT2D eigenvalue weighted by molar-refractivity contribution is 7.15. The number of alkyl halides is 3. The molecule has 0 bridgehead atoms. The van der Waals surface area contributed by atoms with Crippen LogP contribution in [0.1, 0.15) is 50.5 Å². The Hall–Kier alpha value is -3.35. The number of ether oxygens (including phenoxy) is 1. The van der Waals surface area contributed by atoms with E-state index in [2.05, 4.69) is 15.6 Å². The Balaban J connectivity index is 1.82. The highest BCUT2D eigenvalue weighted by Gasteiger charge is 2.39. The van der Waals surface area contributed by atoms with Gasteiger partial charge in [-0.2, -0.15) is 13.2 Å². The molecule has 3 rings (SSSR count). The summed E-state index contributed by atoms with van der Waals surface area (Å²) in [6.07, 6.45) is -3.06. The Bertz CT molecular complexity index is 1080. The van der Waals surface area contributed by atoms with Gasteiger partial charge in [-0.25, -0.2) is 14.6 Å². The average Bonchev–Trinajstić information content (AvgIpc) is 3.22. The molecule has 1 saturated carbocycles. The van der Waals surface area contributed by atoms with Crippen molar-refractivity contribution in [3.05, 3.63) is 29.4 Å². The first-order valence-corrected chi connectivity index (χ1v) is 11.7. The Morgan fingerprint density at radius 2 is 1.83 bits per heavy atom. The largest absolute Gasteiger partial charge is 0.471 e. The maximum absolute atomic E-state index is 12.9. The summed E-state index contributed by atoms with van der Waals surface area (Å²) in [7, 11) is 0. The quantitative estimate of drug-likeness (QED) is 0.399. The third-order valence-corrected chi connectivity index (χ3v) is 6.50. The number of benzene rings is 1. The number of aromatic nitrogens is 1. The van der Waals surface area contributed by atoms with Gasteiger partial charge in [0.1, 0.15) is 0 Å². The molecular formula is C22H25F3N4O5S. The van der Waals surface area contributed by atoms with Crippen LogP contribution in [-0.4, -0.2) is 46.5 Å². The van der Waals surface area contributed by atoms with Gasteiger partial charge in [0.25, 0.3) is 0 Å². The predicted molar refractivity (Wildman–Crippen MR) is 124 cm³/mol. The molecule has 4 N–H and O–H groups in total. The topological polar surface area (TPSA) is 130 Å². The lowest BCUT2D eigenvalue weighted by Gasteiger charge is -2.27. The molecule has 1 heterocycles. The van der Waals surface area contributed by atoms with Crippen molar-refractivity contribution >= 4 is 40.8 Å². The lowest BCUT2D eigenvalue weighted by Crippen LogP contribution is -2.36. The number of anilines is 2. The van der Waals surface area contributed by atoms with E-state index in [0.29, 0.717) is 23.3 Å². The molecule has 1 aliphatic rings. The summed E-state index contributed by atoms with van der Waals surface area (Å²) >= 11 is 1.29. The van der Waals surface area contributed by atoms with Crippen molar-refractivity contribution in [1.29, 1.82) is 0 Å². The second kappa shape index (κ2) is 10.9. The minimum absolute atomic E-state index is 0.0977. The van der Waals surface area contributed by atoms with Gasteiger partial charge in [-0.15, -0.1) is 11.3 Å². The van der Waals surface area contributed by atoms with E-state index in [-0.39, 0.29) is 23.3 Å². The molecule has 1 aliphatic carbocycles. The number of nitrogens with zero attached hydrogens (tertiary/aromatic N) is 1. The Kier molecular flexibility index (Phi) is 8.20. The van der Waals surface area contributed by atoms with Crippen LogP contribution in [0, 0.1) is 0 Å². The number of carbonyl (C=O) groups excluding carboxylic acids is 2. The maximum Gasteiger partial charge on any atom is 0.471 e. The zero-order valence-electron chi connectivity index (χ0n) is 18.9. The van der Waals surface area contributed by atoms with Crippen molar-refractivity contribution < 1.29 is 37.4 Å². The molecule has 3 amide bonds. The SMILES string of the molecule is CC(C)OC(=O)Nc1ccc(-c2cnc([C@H]3CC[C@H](NC(=O)O)CC3)s2)c(NC(=O)C(F)(F)F)c1. The Labute approximate surface area is 203 Å². The number of halogens is 3. The van der Waals surface area contributed by atoms with Crippen LogP contribution in [0.5, 0.6) is 0 Å². The third kappa shape index (κ3) is 7.31. The average molecular weight is 515 g/mol. The van der Waals surface area contributed by atoms with Crippen LogP contribution in [0.15, 0.2) is 24.4 Å². The zero-order valence-corrected chi connectivity index (χ0v) is 19.8. The van der Waals surface area contributed by atoms with E-state index in [0.717, 1.165) is 17.8 Å². The van der Waals surface area contributed by atoms with E-state index in [1.165, 1.54) is 35.7 Å². The number of thiazole rings is 1. The highest BCUT2D eigenvalue weighted by atomic mass is 32.1. The Morgan fingerprint density at radius 3 is 2.43 bits per heavy atom. The lowest BCUT2D eigenvalue weighted by molar-refractivity contribution is -0.167. The number of nitrogens with one attached hydrogen (secondary N) is 3. The molecule has 190 valence electrons. The van der Waals surface area contributed by atoms with Gasteiger partial charge in [0.15, 0.2) is 0 Å². The smallest absolute Gasteiger partial charge is 0.465 e. The van der Waals surface area contributed by atoms with Gasteiger partial charge >= 0.3 is 24.3 Å². The fourth-order valence-corrected chi connectivity index (χ4v) is 4.88. The molecule has 9 nitrogen and oxygen atoms in total. The summed E-state index contributed by atoms with van der Waals surface area (Å²) in [5.74, 6) is -2.05. The summed E-state index contributed by atoms with van der Waals surface area (Å²) in [5, 5.41) is 16.4. The summed E-state index contributed by atoms with van der Waals surface area (Å²) < 4.78 is 43.8. The van der Waals surface area contributed by atoms with Gasteiger partial charge in [0.2, 0.25) is 0 Å². The van der Waals surface area contributed by atoms with Gasteiger partial charge in [0, 0.05) is 29.4 Å². The summed E-state index contributed by atoms with van der Waals surface area (Å²) in [5.41, 5.74) is 0.320. The van der Waals surface area contributed by atoms with E-state index >= 15 is 0 Å². The van der Waals surface area contributed by atoms with Crippen molar-refractivity contribution in [2.24, 2.45) is 0 Å². The minimum atomic E-state index is -5.10. The Morgan fingerprint density at radius 1 is 1.14 bits per heavy atom. The molecule has 0 atom stereocenters. The van der Waals surface area contributed by atoms with E-state index in [1.807, 2.05) is 5.32 Å². The second-order valence-corrected chi connectivity index (χ2v) is 9.41. The van der Waals surface area contributed by atoms with Crippen molar-refractivity contribution in [2.75, 3.05) is 10.6 Å².